The number of piperidine rings is 1. The van der Waals surface area contributed by atoms with Crippen LogP contribution in [0.4, 0.5) is 8.78 Å². The van der Waals surface area contributed by atoms with Crippen LogP contribution in [0, 0.1) is 11.6 Å². The van der Waals surface area contributed by atoms with Crippen LogP contribution in [0.15, 0.2) is 18.2 Å². The summed E-state index contributed by atoms with van der Waals surface area (Å²) in [7, 11) is 0. The third kappa shape index (κ3) is 3.50. The third-order valence-corrected chi connectivity index (χ3v) is 3.49. The van der Waals surface area contributed by atoms with Crippen LogP contribution >= 0.6 is 0 Å². The standard InChI is InChI=1S/C14H18F2N2O/c1-9-12(6-3-7-17-9)18-13(19)8-10-4-2-5-11(15)14(10)16/h2,4-5,9,12,17H,3,6-8H2,1H3,(H,18,19)/t9-,12-/m0/s1. The van der Waals surface area contributed by atoms with Crippen LogP contribution in [0.25, 0.3) is 0 Å². The van der Waals surface area contributed by atoms with Gasteiger partial charge in [0.15, 0.2) is 11.6 Å². The second kappa shape index (κ2) is 6.10. The Morgan fingerprint density at radius 2 is 2.26 bits per heavy atom. The molecule has 0 saturated carbocycles. The number of halogens is 2. The number of rotatable bonds is 3. The van der Waals surface area contributed by atoms with Crippen molar-refractivity contribution >= 4 is 5.91 Å². The van der Waals surface area contributed by atoms with E-state index in [1.807, 2.05) is 6.92 Å². The average molecular weight is 268 g/mol. The van der Waals surface area contributed by atoms with E-state index in [2.05, 4.69) is 10.6 Å². The predicted molar refractivity (Wildman–Crippen MR) is 68.7 cm³/mol. The van der Waals surface area contributed by atoms with E-state index in [9.17, 15) is 13.6 Å². The van der Waals surface area contributed by atoms with E-state index >= 15 is 0 Å². The van der Waals surface area contributed by atoms with Crippen molar-refractivity contribution in [3.63, 3.8) is 0 Å². The second-order valence-electron chi connectivity index (χ2n) is 4.95. The maximum atomic E-state index is 13.4. The van der Waals surface area contributed by atoms with Gasteiger partial charge in [-0.1, -0.05) is 12.1 Å². The van der Waals surface area contributed by atoms with Crippen LogP contribution in [0.1, 0.15) is 25.3 Å². The maximum Gasteiger partial charge on any atom is 0.224 e. The number of carbonyl (C=O) groups is 1. The van der Waals surface area contributed by atoms with Crippen molar-refractivity contribution in [2.75, 3.05) is 6.54 Å². The topological polar surface area (TPSA) is 41.1 Å². The molecular formula is C14H18F2N2O. The van der Waals surface area contributed by atoms with Crippen LogP contribution in [0.2, 0.25) is 0 Å². The van der Waals surface area contributed by atoms with Crippen molar-refractivity contribution < 1.29 is 13.6 Å². The number of nitrogens with one attached hydrogen (secondary N) is 2. The second-order valence-corrected chi connectivity index (χ2v) is 4.95. The van der Waals surface area contributed by atoms with Crippen LogP contribution in [-0.4, -0.2) is 24.5 Å². The van der Waals surface area contributed by atoms with Gasteiger partial charge in [0, 0.05) is 17.6 Å². The summed E-state index contributed by atoms with van der Waals surface area (Å²) in [5.41, 5.74) is 0.0916. The van der Waals surface area contributed by atoms with Gasteiger partial charge in [0.25, 0.3) is 0 Å². The van der Waals surface area contributed by atoms with E-state index in [0.717, 1.165) is 25.5 Å². The first kappa shape index (κ1) is 13.9. The van der Waals surface area contributed by atoms with Crippen molar-refractivity contribution in [2.24, 2.45) is 0 Å². The van der Waals surface area contributed by atoms with Gasteiger partial charge in [0.1, 0.15) is 0 Å². The lowest BCUT2D eigenvalue weighted by Crippen LogP contribution is -2.52. The first-order valence-corrected chi connectivity index (χ1v) is 6.53. The molecule has 1 saturated heterocycles. The summed E-state index contributed by atoms with van der Waals surface area (Å²) in [4.78, 5) is 11.9. The van der Waals surface area contributed by atoms with Crippen molar-refractivity contribution in [2.45, 2.75) is 38.3 Å². The minimum Gasteiger partial charge on any atom is -0.352 e. The fraction of sp³-hybridized carbons (Fsp3) is 0.500. The summed E-state index contributed by atoms with van der Waals surface area (Å²) >= 11 is 0. The zero-order valence-corrected chi connectivity index (χ0v) is 10.9. The van der Waals surface area contributed by atoms with Crippen molar-refractivity contribution in [1.82, 2.24) is 10.6 Å². The van der Waals surface area contributed by atoms with Crippen molar-refractivity contribution in [1.29, 1.82) is 0 Å². The molecule has 2 atom stereocenters. The minimum absolute atomic E-state index is 0.0536. The van der Waals surface area contributed by atoms with Crippen molar-refractivity contribution in [3.8, 4) is 0 Å². The average Bonchev–Trinajstić information content (AvgIpc) is 2.38. The molecule has 1 fully saturated rings. The number of amides is 1. The first-order chi connectivity index (χ1) is 9.08. The summed E-state index contributed by atoms with van der Waals surface area (Å²) in [6.07, 6.45) is 1.78. The van der Waals surface area contributed by atoms with E-state index in [1.54, 1.807) is 0 Å². The van der Waals surface area contributed by atoms with Gasteiger partial charge in [-0.25, -0.2) is 8.78 Å². The molecule has 5 heteroatoms. The Balaban J connectivity index is 1.95. The highest BCUT2D eigenvalue weighted by atomic mass is 19.2. The Morgan fingerprint density at radius 3 is 3.00 bits per heavy atom. The Labute approximate surface area is 111 Å². The first-order valence-electron chi connectivity index (χ1n) is 6.53. The molecule has 3 nitrogen and oxygen atoms in total. The Bertz CT molecular complexity index is 465. The smallest absolute Gasteiger partial charge is 0.224 e. The molecule has 0 unspecified atom stereocenters. The Morgan fingerprint density at radius 1 is 1.47 bits per heavy atom. The molecular weight excluding hydrogens is 250 g/mol. The number of hydrogen-bond donors (Lipinski definition) is 2. The van der Waals surface area contributed by atoms with Crippen LogP contribution in [0.5, 0.6) is 0 Å². The van der Waals surface area contributed by atoms with Gasteiger partial charge in [0.05, 0.1) is 6.42 Å². The minimum atomic E-state index is -0.938. The molecule has 0 radical (unpaired) electrons. The summed E-state index contributed by atoms with van der Waals surface area (Å²) in [6.45, 7) is 2.96. The predicted octanol–water partition coefficient (Wildman–Crippen LogP) is 1.76. The molecule has 0 bridgehead atoms. The van der Waals surface area contributed by atoms with Gasteiger partial charge in [-0.3, -0.25) is 4.79 Å². The van der Waals surface area contributed by atoms with Crippen LogP contribution in [0.3, 0.4) is 0 Å². The highest BCUT2D eigenvalue weighted by molar-refractivity contribution is 5.79. The Hall–Kier alpha value is -1.49. The van der Waals surface area contributed by atoms with E-state index in [1.165, 1.54) is 12.1 Å². The molecule has 0 aromatic heterocycles. The van der Waals surface area contributed by atoms with E-state index in [4.69, 9.17) is 0 Å². The summed E-state index contributed by atoms with van der Waals surface area (Å²) in [5, 5.41) is 6.15. The van der Waals surface area contributed by atoms with E-state index in [0.29, 0.717) is 0 Å². The molecule has 0 aliphatic carbocycles. The number of benzene rings is 1. The summed E-state index contributed by atoms with van der Waals surface area (Å²) < 4.78 is 26.5. The van der Waals surface area contributed by atoms with Gasteiger partial charge in [-0.2, -0.15) is 0 Å². The van der Waals surface area contributed by atoms with Crippen LogP contribution < -0.4 is 10.6 Å². The zero-order valence-electron chi connectivity index (χ0n) is 10.9. The van der Waals surface area contributed by atoms with Gasteiger partial charge < -0.3 is 10.6 Å². The molecule has 104 valence electrons. The molecule has 0 spiro atoms. The molecule has 2 rings (SSSR count). The normalized spacial score (nSPS) is 23.1. The summed E-state index contributed by atoms with van der Waals surface area (Å²) in [5.74, 6) is -2.13. The molecule has 2 N–H and O–H groups in total. The SMILES string of the molecule is C[C@@H]1NCCC[C@@H]1NC(=O)Cc1cccc(F)c1F. The molecule has 1 heterocycles. The number of hydrogen-bond acceptors (Lipinski definition) is 2. The quantitative estimate of drug-likeness (QED) is 0.877. The monoisotopic (exact) mass is 268 g/mol. The lowest BCUT2D eigenvalue weighted by Gasteiger charge is -2.30. The largest absolute Gasteiger partial charge is 0.352 e. The molecule has 19 heavy (non-hydrogen) atoms. The molecule has 1 aromatic carbocycles. The van der Waals surface area contributed by atoms with E-state index in [-0.39, 0.29) is 30.0 Å². The highest BCUT2D eigenvalue weighted by Crippen LogP contribution is 2.13. The van der Waals surface area contributed by atoms with Gasteiger partial charge in [-0.05, 0) is 32.4 Å². The van der Waals surface area contributed by atoms with Gasteiger partial charge >= 0.3 is 0 Å². The molecule has 1 aromatic rings. The summed E-state index contributed by atoms with van der Waals surface area (Å²) in [6, 6.07) is 4.14. The fourth-order valence-electron chi connectivity index (χ4n) is 2.36. The van der Waals surface area contributed by atoms with Crippen LogP contribution in [-0.2, 0) is 11.2 Å². The van der Waals surface area contributed by atoms with Gasteiger partial charge in [-0.15, -0.1) is 0 Å². The maximum absolute atomic E-state index is 13.4. The third-order valence-electron chi connectivity index (χ3n) is 3.49. The van der Waals surface area contributed by atoms with E-state index < -0.39 is 11.6 Å². The van der Waals surface area contributed by atoms with Crippen molar-refractivity contribution in [3.05, 3.63) is 35.4 Å². The van der Waals surface area contributed by atoms with Gasteiger partial charge in [0.2, 0.25) is 5.91 Å². The lowest BCUT2D eigenvalue weighted by molar-refractivity contribution is -0.121. The lowest BCUT2D eigenvalue weighted by atomic mass is 9.99. The zero-order chi connectivity index (χ0) is 13.8. The molecule has 1 aliphatic heterocycles. The fourth-order valence-corrected chi connectivity index (χ4v) is 2.36. The highest BCUT2D eigenvalue weighted by Gasteiger charge is 2.22. The Kier molecular flexibility index (Phi) is 4.47. The number of carbonyl (C=O) groups excluding carboxylic acids is 1. The molecule has 1 amide bonds. The molecule has 1 aliphatic rings.